The predicted molar refractivity (Wildman–Crippen MR) is 99.8 cm³/mol. The van der Waals surface area contributed by atoms with Gasteiger partial charge in [-0.25, -0.2) is 14.5 Å². The largest absolute Gasteiger partial charge is 0.449 e. The number of esters is 1. The summed E-state index contributed by atoms with van der Waals surface area (Å²) < 4.78 is 6.92. The average molecular weight is 385 g/mol. The van der Waals surface area contributed by atoms with Gasteiger partial charge in [-0.05, 0) is 26.0 Å². The van der Waals surface area contributed by atoms with Gasteiger partial charge in [0.25, 0.3) is 5.91 Å². The lowest BCUT2D eigenvalue weighted by molar-refractivity contribution is -0.144. The number of nitrogens with zero attached hydrogens (tertiary/aromatic N) is 5. The van der Waals surface area contributed by atoms with Crippen LogP contribution in [0.5, 0.6) is 0 Å². The molecule has 1 saturated heterocycles. The number of pyridine rings is 1. The summed E-state index contributed by atoms with van der Waals surface area (Å²) in [5, 5.41) is 4.19. The van der Waals surface area contributed by atoms with Gasteiger partial charge in [-0.15, -0.1) is 0 Å². The highest BCUT2D eigenvalue weighted by atomic mass is 16.5. The normalized spacial score (nSPS) is 15.2. The van der Waals surface area contributed by atoms with Crippen LogP contribution in [0.15, 0.2) is 30.6 Å². The minimum absolute atomic E-state index is 0.00744. The first-order valence-electron chi connectivity index (χ1n) is 9.09. The van der Waals surface area contributed by atoms with Crippen molar-refractivity contribution >= 4 is 17.8 Å². The first kappa shape index (κ1) is 19.5. The molecule has 3 heterocycles. The molecule has 3 rings (SSSR count). The summed E-state index contributed by atoms with van der Waals surface area (Å²) in [6.45, 7) is 6.63. The Balaban J connectivity index is 1.63. The van der Waals surface area contributed by atoms with Gasteiger partial charge in [-0.3, -0.25) is 9.59 Å². The number of hydrogen-bond acceptors (Lipinski definition) is 6. The maximum atomic E-state index is 12.6. The fraction of sp³-hybridized carbons (Fsp3) is 0.421. The molecule has 0 aliphatic carbocycles. The molecule has 1 unspecified atom stereocenters. The number of aromatic nitrogens is 3. The van der Waals surface area contributed by atoms with Crippen molar-refractivity contribution in [1.29, 1.82) is 0 Å². The fourth-order valence-corrected chi connectivity index (χ4v) is 3.09. The summed E-state index contributed by atoms with van der Waals surface area (Å²) >= 11 is 0. The number of amides is 2. The van der Waals surface area contributed by atoms with Crippen molar-refractivity contribution in [2.45, 2.75) is 26.9 Å². The van der Waals surface area contributed by atoms with E-state index in [4.69, 9.17) is 4.74 Å². The molecule has 148 valence electrons. The number of piperazine rings is 1. The highest BCUT2D eigenvalue weighted by molar-refractivity contribution is 5.93. The van der Waals surface area contributed by atoms with Crippen molar-refractivity contribution in [3.8, 4) is 5.82 Å². The summed E-state index contributed by atoms with van der Waals surface area (Å²) in [7, 11) is 0. The Bertz CT molecular complexity index is 872. The highest BCUT2D eigenvalue weighted by Gasteiger charge is 2.29. The van der Waals surface area contributed by atoms with Crippen LogP contribution in [0.3, 0.4) is 0 Å². The maximum absolute atomic E-state index is 12.6. The number of carbonyl (C=O) groups excluding carboxylic acids is 3. The zero-order valence-electron chi connectivity index (χ0n) is 16.2. The first-order chi connectivity index (χ1) is 13.4. The molecule has 9 heteroatoms. The summed E-state index contributed by atoms with van der Waals surface area (Å²) in [6, 6.07) is 5.40. The molecule has 0 N–H and O–H groups in total. The quantitative estimate of drug-likeness (QED) is 0.723. The van der Waals surface area contributed by atoms with E-state index in [9.17, 15) is 14.4 Å². The monoisotopic (exact) mass is 385 g/mol. The fourth-order valence-electron chi connectivity index (χ4n) is 3.09. The lowest BCUT2D eigenvalue weighted by Gasteiger charge is -2.35. The topological polar surface area (TPSA) is 97.6 Å². The molecule has 0 radical (unpaired) electrons. The lowest BCUT2D eigenvalue weighted by atomic mass is 10.2. The minimum Gasteiger partial charge on any atom is -0.449 e. The van der Waals surface area contributed by atoms with Crippen molar-refractivity contribution in [3.63, 3.8) is 0 Å². The Kier molecular flexibility index (Phi) is 5.72. The summed E-state index contributed by atoms with van der Waals surface area (Å²) in [5.74, 6) is -0.298. The molecular formula is C19H23N5O4. The van der Waals surface area contributed by atoms with Crippen molar-refractivity contribution in [1.82, 2.24) is 24.6 Å². The van der Waals surface area contributed by atoms with Crippen LogP contribution in [0.1, 0.15) is 29.9 Å². The van der Waals surface area contributed by atoms with E-state index in [2.05, 4.69) is 10.1 Å². The minimum atomic E-state index is -0.922. The molecule has 28 heavy (non-hydrogen) atoms. The average Bonchev–Trinajstić information content (AvgIpc) is 3.09. The lowest BCUT2D eigenvalue weighted by Crippen LogP contribution is -2.52. The van der Waals surface area contributed by atoms with E-state index in [0.717, 1.165) is 0 Å². The van der Waals surface area contributed by atoms with Crippen molar-refractivity contribution < 1.29 is 19.1 Å². The van der Waals surface area contributed by atoms with Gasteiger partial charge in [-0.1, -0.05) is 6.07 Å². The van der Waals surface area contributed by atoms with Crippen LogP contribution in [0.25, 0.3) is 5.82 Å². The van der Waals surface area contributed by atoms with Gasteiger partial charge in [0.1, 0.15) is 5.56 Å². The second-order valence-corrected chi connectivity index (χ2v) is 6.62. The van der Waals surface area contributed by atoms with E-state index in [1.807, 2.05) is 6.07 Å². The molecule has 9 nitrogen and oxygen atoms in total. The van der Waals surface area contributed by atoms with E-state index in [1.54, 1.807) is 46.7 Å². The third kappa shape index (κ3) is 4.03. The van der Waals surface area contributed by atoms with E-state index in [0.29, 0.717) is 37.7 Å². The molecule has 1 atom stereocenters. The highest BCUT2D eigenvalue weighted by Crippen LogP contribution is 2.15. The first-order valence-corrected chi connectivity index (χ1v) is 9.09. The third-order valence-corrected chi connectivity index (χ3v) is 4.76. The van der Waals surface area contributed by atoms with Crippen LogP contribution >= 0.6 is 0 Å². The smallest absolute Gasteiger partial charge is 0.342 e. The molecule has 1 fully saturated rings. The van der Waals surface area contributed by atoms with Crippen molar-refractivity contribution in [2.75, 3.05) is 26.2 Å². The second-order valence-electron chi connectivity index (χ2n) is 6.62. The SMILES string of the molecule is CC(=O)N1CCN(C(=O)C(C)OC(=O)c2cnn(-c3ccccn3)c2C)CC1. The molecular weight excluding hydrogens is 362 g/mol. The van der Waals surface area contributed by atoms with Crippen LogP contribution in [-0.4, -0.2) is 74.6 Å². The van der Waals surface area contributed by atoms with E-state index in [-0.39, 0.29) is 17.4 Å². The Hall–Kier alpha value is -3.23. The van der Waals surface area contributed by atoms with Crippen LogP contribution in [-0.2, 0) is 14.3 Å². The zero-order valence-corrected chi connectivity index (χ0v) is 16.2. The summed E-state index contributed by atoms with van der Waals surface area (Å²) in [5.41, 5.74) is 0.866. The maximum Gasteiger partial charge on any atom is 0.342 e. The van der Waals surface area contributed by atoms with Crippen LogP contribution in [0.2, 0.25) is 0 Å². The number of hydrogen-bond donors (Lipinski definition) is 0. The standard InChI is InChI=1S/C19H23N5O4/c1-13-16(12-21-24(13)17-6-4-5-7-20-17)19(27)28-14(2)18(26)23-10-8-22(9-11-23)15(3)25/h4-7,12,14H,8-11H2,1-3H3. The number of ether oxygens (including phenoxy) is 1. The predicted octanol–water partition coefficient (Wildman–Crippen LogP) is 0.812. The summed E-state index contributed by atoms with van der Waals surface area (Å²) in [6.07, 6.45) is 2.13. The van der Waals surface area contributed by atoms with Gasteiger partial charge in [0.15, 0.2) is 11.9 Å². The molecule has 0 spiro atoms. The zero-order chi connectivity index (χ0) is 20.3. The van der Waals surface area contributed by atoms with Gasteiger partial charge < -0.3 is 14.5 Å². The van der Waals surface area contributed by atoms with Gasteiger partial charge in [-0.2, -0.15) is 5.10 Å². The van der Waals surface area contributed by atoms with Crippen molar-refractivity contribution in [2.24, 2.45) is 0 Å². The molecule has 0 aromatic carbocycles. The molecule has 1 aliphatic heterocycles. The second kappa shape index (κ2) is 8.20. The Morgan fingerprint density at radius 3 is 2.39 bits per heavy atom. The molecule has 2 aromatic heterocycles. The molecule has 2 aromatic rings. The molecule has 0 bridgehead atoms. The van der Waals surface area contributed by atoms with Crippen LogP contribution in [0.4, 0.5) is 0 Å². The summed E-state index contributed by atoms with van der Waals surface area (Å²) in [4.78, 5) is 44.0. The van der Waals surface area contributed by atoms with Crippen molar-refractivity contribution in [3.05, 3.63) is 41.9 Å². The number of carbonyl (C=O) groups is 3. The van der Waals surface area contributed by atoms with Gasteiger partial charge >= 0.3 is 5.97 Å². The Labute approximate surface area is 162 Å². The molecule has 2 amide bonds. The Morgan fingerprint density at radius 2 is 1.79 bits per heavy atom. The van der Waals surface area contributed by atoms with E-state index in [1.165, 1.54) is 13.1 Å². The molecule has 1 aliphatic rings. The Morgan fingerprint density at radius 1 is 1.11 bits per heavy atom. The van der Waals surface area contributed by atoms with E-state index >= 15 is 0 Å². The van der Waals surface area contributed by atoms with E-state index < -0.39 is 12.1 Å². The third-order valence-electron chi connectivity index (χ3n) is 4.76. The number of rotatable bonds is 4. The van der Waals surface area contributed by atoms with Gasteiger partial charge in [0, 0.05) is 39.3 Å². The van der Waals surface area contributed by atoms with Gasteiger partial charge in [0.2, 0.25) is 5.91 Å². The van der Waals surface area contributed by atoms with Crippen LogP contribution in [0, 0.1) is 6.92 Å². The molecule has 0 saturated carbocycles. The van der Waals surface area contributed by atoms with Gasteiger partial charge in [0.05, 0.1) is 11.9 Å². The van der Waals surface area contributed by atoms with Crippen LogP contribution < -0.4 is 0 Å².